The lowest BCUT2D eigenvalue weighted by Gasteiger charge is -2.16. The maximum atomic E-state index is 5.28. The molecule has 12 rings (SSSR count). The Morgan fingerprint density at radius 2 is 0.569 bits per heavy atom. The maximum absolute atomic E-state index is 5.28. The molecule has 58 heavy (non-hydrogen) atoms. The summed E-state index contributed by atoms with van der Waals surface area (Å²) in [5.74, 6) is 1.93. The van der Waals surface area contributed by atoms with Gasteiger partial charge >= 0.3 is 0 Å². The normalized spacial score (nSPS) is 11.8. The van der Waals surface area contributed by atoms with Crippen molar-refractivity contribution in [2.45, 2.75) is 0 Å². The molecule has 0 aliphatic rings. The highest BCUT2D eigenvalue weighted by molar-refractivity contribution is 6.33. The number of nitrogens with zero attached hydrogens (tertiary/aromatic N) is 3. The largest absolute Gasteiger partial charge is 0.208 e. The number of aromatic nitrogens is 3. The van der Waals surface area contributed by atoms with Crippen molar-refractivity contribution in [3.8, 4) is 45.3 Å². The van der Waals surface area contributed by atoms with E-state index in [0.29, 0.717) is 17.5 Å². The molecule has 1 aromatic heterocycles. The van der Waals surface area contributed by atoms with Crippen molar-refractivity contribution in [2.75, 3.05) is 0 Å². The van der Waals surface area contributed by atoms with Crippen molar-refractivity contribution in [1.29, 1.82) is 0 Å². The number of rotatable bonds is 4. The van der Waals surface area contributed by atoms with Crippen LogP contribution < -0.4 is 0 Å². The van der Waals surface area contributed by atoms with Crippen LogP contribution in [0.5, 0.6) is 0 Å². The van der Waals surface area contributed by atoms with Gasteiger partial charge in [0.15, 0.2) is 17.5 Å². The van der Waals surface area contributed by atoms with Crippen LogP contribution in [-0.2, 0) is 0 Å². The molecule has 0 unspecified atom stereocenters. The average Bonchev–Trinajstić information content (AvgIpc) is 3.31. The molecule has 0 spiro atoms. The zero-order chi connectivity index (χ0) is 38.2. The van der Waals surface area contributed by atoms with Gasteiger partial charge in [-0.05, 0) is 98.7 Å². The predicted octanol–water partition coefficient (Wildman–Crippen LogP) is 14.6. The van der Waals surface area contributed by atoms with Gasteiger partial charge in [0, 0.05) is 16.7 Å². The van der Waals surface area contributed by atoms with Crippen LogP contribution in [0.2, 0.25) is 0 Å². The predicted molar refractivity (Wildman–Crippen MR) is 244 cm³/mol. The van der Waals surface area contributed by atoms with Crippen LogP contribution in [0.25, 0.3) is 121 Å². The molecule has 12 aromatic rings. The van der Waals surface area contributed by atoms with Gasteiger partial charge in [-0.1, -0.05) is 188 Å². The minimum absolute atomic E-state index is 0.638. The van der Waals surface area contributed by atoms with Crippen molar-refractivity contribution >= 4 is 75.4 Å². The number of hydrogen-bond acceptors (Lipinski definition) is 3. The highest BCUT2D eigenvalue weighted by Gasteiger charge is 2.19. The summed E-state index contributed by atoms with van der Waals surface area (Å²) in [5.41, 5.74) is 5.17. The maximum Gasteiger partial charge on any atom is 0.164 e. The van der Waals surface area contributed by atoms with E-state index in [4.69, 9.17) is 15.0 Å². The van der Waals surface area contributed by atoms with Gasteiger partial charge in [-0.15, -0.1) is 0 Å². The summed E-state index contributed by atoms with van der Waals surface area (Å²) in [4.78, 5) is 15.6. The van der Waals surface area contributed by atoms with E-state index in [0.717, 1.165) is 27.6 Å². The fourth-order valence-corrected chi connectivity index (χ4v) is 9.19. The van der Waals surface area contributed by atoms with Gasteiger partial charge in [0.05, 0.1) is 0 Å². The molecule has 0 N–H and O–H groups in total. The van der Waals surface area contributed by atoms with E-state index in [1.165, 1.54) is 75.6 Å². The minimum Gasteiger partial charge on any atom is -0.208 e. The molecule has 0 atom stereocenters. The van der Waals surface area contributed by atoms with Crippen molar-refractivity contribution in [2.24, 2.45) is 0 Å². The Kier molecular flexibility index (Phi) is 7.23. The van der Waals surface area contributed by atoms with Gasteiger partial charge in [-0.25, -0.2) is 15.0 Å². The summed E-state index contributed by atoms with van der Waals surface area (Å²) < 4.78 is 0. The number of hydrogen-bond donors (Lipinski definition) is 0. The Morgan fingerprint density at radius 1 is 0.207 bits per heavy atom. The lowest BCUT2D eigenvalue weighted by atomic mass is 9.89. The Morgan fingerprint density at radius 3 is 1.14 bits per heavy atom. The van der Waals surface area contributed by atoms with E-state index < -0.39 is 0 Å². The topological polar surface area (TPSA) is 38.7 Å². The lowest BCUT2D eigenvalue weighted by Crippen LogP contribution is -2.01. The summed E-state index contributed by atoms with van der Waals surface area (Å²) in [6, 6.07) is 71.6. The van der Waals surface area contributed by atoms with Crippen molar-refractivity contribution in [3.05, 3.63) is 200 Å². The number of benzene rings is 11. The highest BCUT2D eigenvalue weighted by atomic mass is 15.0. The van der Waals surface area contributed by atoms with Crippen LogP contribution in [0.4, 0.5) is 0 Å². The second-order valence-corrected chi connectivity index (χ2v) is 15.1. The van der Waals surface area contributed by atoms with Gasteiger partial charge in [0.1, 0.15) is 0 Å². The van der Waals surface area contributed by atoms with Crippen LogP contribution in [0.1, 0.15) is 0 Å². The van der Waals surface area contributed by atoms with E-state index in [-0.39, 0.29) is 0 Å². The number of fused-ring (bicyclic) bond motifs is 14. The molecule has 0 amide bonds. The zero-order valence-electron chi connectivity index (χ0n) is 31.4. The first-order valence-corrected chi connectivity index (χ1v) is 19.8. The van der Waals surface area contributed by atoms with E-state index in [1.54, 1.807) is 0 Å². The van der Waals surface area contributed by atoms with Gasteiger partial charge in [-0.3, -0.25) is 0 Å². The average molecular weight is 736 g/mol. The summed E-state index contributed by atoms with van der Waals surface area (Å²) in [5, 5.41) is 17.3. The van der Waals surface area contributed by atoms with Gasteiger partial charge in [0.25, 0.3) is 0 Å². The van der Waals surface area contributed by atoms with Gasteiger partial charge in [0.2, 0.25) is 0 Å². The summed E-state index contributed by atoms with van der Waals surface area (Å²) in [7, 11) is 0. The molecule has 3 nitrogen and oxygen atoms in total. The van der Waals surface area contributed by atoms with Crippen LogP contribution in [0.15, 0.2) is 200 Å². The Hall–Kier alpha value is -7.75. The molecular formula is C55H33N3. The Balaban J connectivity index is 1.04. The molecule has 0 saturated heterocycles. The molecule has 0 aliphatic carbocycles. The quantitative estimate of drug-likeness (QED) is 0.169. The smallest absolute Gasteiger partial charge is 0.164 e. The lowest BCUT2D eigenvalue weighted by molar-refractivity contribution is 1.08. The molecule has 1 heterocycles. The Bertz CT molecular complexity index is 3570. The minimum atomic E-state index is 0.638. The third-order valence-electron chi connectivity index (χ3n) is 11.9. The molecule has 0 fully saturated rings. The first-order chi connectivity index (χ1) is 28.8. The monoisotopic (exact) mass is 735 g/mol. The van der Waals surface area contributed by atoms with Crippen molar-refractivity contribution in [3.63, 3.8) is 0 Å². The van der Waals surface area contributed by atoms with E-state index in [9.17, 15) is 0 Å². The van der Waals surface area contributed by atoms with Crippen LogP contribution >= 0.6 is 0 Å². The van der Waals surface area contributed by atoms with Crippen LogP contribution in [0.3, 0.4) is 0 Å². The molecule has 3 heteroatoms. The SMILES string of the molecule is c1ccc(-c2nc(-c3ccc(-c4ccc5c6ccccc6c6ccccc6c5c4)cc3)nc(-c3cc4c5ccccc5c5ccccc5c4c4ccccc34)n2)cc1. The second-order valence-electron chi connectivity index (χ2n) is 15.1. The molecule has 268 valence electrons. The van der Waals surface area contributed by atoms with E-state index in [2.05, 4.69) is 182 Å². The van der Waals surface area contributed by atoms with E-state index in [1.807, 2.05) is 18.2 Å². The van der Waals surface area contributed by atoms with Gasteiger partial charge < -0.3 is 0 Å². The standard InChI is InChI=1S/C55H33N3/c1-2-14-35(15-3-1)53-56-54(36-28-26-34(27-29-36)37-30-31-46-40-18-5-4-16-38(40)39-17-6-8-21-43(39)49(46)32-37)58-55(57-53)51-33-50-44-22-9-7-19-41(44)42-20-10-12-24-47(42)52(50)48-25-13-11-23-45(48)51/h1-33H. The molecule has 11 aromatic carbocycles. The zero-order valence-corrected chi connectivity index (χ0v) is 31.4. The molecule has 0 radical (unpaired) electrons. The third kappa shape index (κ3) is 5.04. The Labute approximate surface area is 334 Å². The first kappa shape index (κ1) is 32.5. The van der Waals surface area contributed by atoms with Gasteiger partial charge in [-0.2, -0.15) is 0 Å². The molecular weight excluding hydrogens is 703 g/mol. The molecule has 0 aliphatic heterocycles. The van der Waals surface area contributed by atoms with Crippen molar-refractivity contribution in [1.82, 2.24) is 15.0 Å². The van der Waals surface area contributed by atoms with Crippen molar-refractivity contribution < 1.29 is 0 Å². The summed E-state index contributed by atoms with van der Waals surface area (Å²) in [6.45, 7) is 0. The fourth-order valence-electron chi connectivity index (χ4n) is 9.19. The van der Waals surface area contributed by atoms with E-state index >= 15 is 0 Å². The fraction of sp³-hybridized carbons (Fsp3) is 0. The highest BCUT2D eigenvalue weighted by Crippen LogP contribution is 2.43. The van der Waals surface area contributed by atoms with Crippen LogP contribution in [-0.4, -0.2) is 15.0 Å². The summed E-state index contributed by atoms with van der Waals surface area (Å²) >= 11 is 0. The molecule has 0 saturated carbocycles. The second kappa shape index (κ2) is 12.9. The molecule has 0 bridgehead atoms. The third-order valence-corrected chi connectivity index (χ3v) is 11.9. The van der Waals surface area contributed by atoms with Crippen LogP contribution in [0, 0.1) is 0 Å². The first-order valence-electron chi connectivity index (χ1n) is 19.8. The summed E-state index contributed by atoms with van der Waals surface area (Å²) in [6.07, 6.45) is 0.